The molecule has 0 radical (unpaired) electrons. The summed E-state index contributed by atoms with van der Waals surface area (Å²) in [5.41, 5.74) is 4.35. The Kier molecular flexibility index (Phi) is 6.00. The third-order valence-corrected chi connectivity index (χ3v) is 6.54. The number of rotatable bonds is 4. The van der Waals surface area contributed by atoms with Gasteiger partial charge in [0.1, 0.15) is 5.84 Å². The molecular formula is C22H29ClN4O. The van der Waals surface area contributed by atoms with E-state index >= 15 is 0 Å². The van der Waals surface area contributed by atoms with E-state index in [1.54, 1.807) is 17.8 Å². The second kappa shape index (κ2) is 8.64. The highest BCUT2D eigenvalue weighted by molar-refractivity contribution is 6.30. The first kappa shape index (κ1) is 19.4. The van der Waals surface area contributed by atoms with Crippen molar-refractivity contribution in [3.8, 4) is 0 Å². The number of hydrogen-bond donors (Lipinski definition) is 2. The minimum Gasteiger partial charge on any atom is -0.370 e. The standard InChI is InChI=1S/C22H29ClN4O/c1-14-20(10-17(23)13-24-14)22(28)27-18-8-6-15(7-9-18)11-25-21-19-5-3-2-4-16(19)12-26-21/h10,13,15,18H,2-9,11-12H2,1H3,(H,25,26)(H,27,28). The van der Waals surface area contributed by atoms with Gasteiger partial charge in [-0.3, -0.25) is 14.8 Å². The monoisotopic (exact) mass is 400 g/mol. The molecule has 28 heavy (non-hydrogen) atoms. The largest absolute Gasteiger partial charge is 0.370 e. The number of aliphatic imine (C=N–C) groups is 1. The van der Waals surface area contributed by atoms with Crippen LogP contribution < -0.4 is 10.6 Å². The van der Waals surface area contributed by atoms with E-state index in [2.05, 4.69) is 15.6 Å². The number of nitrogens with one attached hydrogen (secondary N) is 2. The Hall–Kier alpha value is -1.88. The minimum absolute atomic E-state index is 0.0637. The summed E-state index contributed by atoms with van der Waals surface area (Å²) in [7, 11) is 0. The highest BCUT2D eigenvalue weighted by atomic mass is 35.5. The van der Waals surface area contributed by atoms with Gasteiger partial charge in [-0.25, -0.2) is 0 Å². The molecule has 0 aromatic carbocycles. The molecule has 2 heterocycles. The zero-order valence-electron chi connectivity index (χ0n) is 16.6. The number of carbonyl (C=O) groups excluding carboxylic acids is 1. The molecule has 0 saturated heterocycles. The molecule has 0 atom stereocenters. The lowest BCUT2D eigenvalue weighted by atomic mass is 9.85. The maximum absolute atomic E-state index is 12.6. The van der Waals surface area contributed by atoms with Gasteiger partial charge in [0.05, 0.1) is 22.8 Å². The predicted octanol–water partition coefficient (Wildman–Crippen LogP) is 4.20. The van der Waals surface area contributed by atoms with Crippen molar-refractivity contribution in [1.82, 2.24) is 15.6 Å². The van der Waals surface area contributed by atoms with Crippen LogP contribution in [0, 0.1) is 12.8 Å². The molecule has 4 rings (SSSR count). The number of nitrogens with zero attached hydrogens (tertiary/aromatic N) is 2. The molecule has 1 amide bonds. The topological polar surface area (TPSA) is 66.4 Å². The van der Waals surface area contributed by atoms with Crippen molar-refractivity contribution in [2.45, 2.75) is 64.3 Å². The van der Waals surface area contributed by atoms with Gasteiger partial charge in [-0.2, -0.15) is 0 Å². The molecule has 1 aromatic rings. The number of hydrogen-bond acceptors (Lipinski definition) is 4. The van der Waals surface area contributed by atoms with Crippen LogP contribution >= 0.6 is 11.6 Å². The molecule has 3 aliphatic rings. The number of aromatic nitrogens is 1. The van der Waals surface area contributed by atoms with Crippen molar-refractivity contribution in [1.29, 1.82) is 0 Å². The molecule has 1 aliphatic heterocycles. The lowest BCUT2D eigenvalue weighted by Gasteiger charge is -2.30. The lowest BCUT2D eigenvalue weighted by molar-refractivity contribution is 0.0921. The van der Waals surface area contributed by atoms with Crippen molar-refractivity contribution < 1.29 is 4.79 Å². The molecule has 2 aliphatic carbocycles. The van der Waals surface area contributed by atoms with E-state index < -0.39 is 0 Å². The van der Waals surface area contributed by atoms with Gasteiger partial charge < -0.3 is 10.6 Å². The lowest BCUT2D eigenvalue weighted by Crippen LogP contribution is -2.40. The predicted molar refractivity (Wildman–Crippen MR) is 113 cm³/mol. The number of amidine groups is 1. The van der Waals surface area contributed by atoms with Crippen LogP contribution in [-0.4, -0.2) is 35.9 Å². The van der Waals surface area contributed by atoms with Gasteiger partial charge in [0.25, 0.3) is 5.91 Å². The Balaban J connectivity index is 1.23. The molecule has 5 nitrogen and oxygen atoms in total. The summed E-state index contributed by atoms with van der Waals surface area (Å²) in [4.78, 5) is 21.5. The first-order valence-electron chi connectivity index (χ1n) is 10.5. The first-order valence-corrected chi connectivity index (χ1v) is 10.9. The summed E-state index contributed by atoms with van der Waals surface area (Å²) < 4.78 is 0. The van der Waals surface area contributed by atoms with Gasteiger partial charge in [0.2, 0.25) is 0 Å². The first-order chi connectivity index (χ1) is 13.6. The van der Waals surface area contributed by atoms with Gasteiger partial charge in [-0.05, 0) is 81.4 Å². The minimum atomic E-state index is -0.0637. The molecule has 6 heteroatoms. The molecule has 0 unspecified atom stereocenters. The summed E-state index contributed by atoms with van der Waals surface area (Å²) in [5.74, 6) is 1.75. The van der Waals surface area contributed by atoms with Crippen LogP contribution in [0.25, 0.3) is 0 Å². The highest BCUT2D eigenvalue weighted by Gasteiger charge is 2.26. The van der Waals surface area contributed by atoms with Crippen LogP contribution in [0.3, 0.4) is 0 Å². The smallest absolute Gasteiger partial charge is 0.253 e. The summed E-state index contributed by atoms with van der Waals surface area (Å²) in [5, 5.41) is 7.29. The Morgan fingerprint density at radius 2 is 2.00 bits per heavy atom. The van der Waals surface area contributed by atoms with Crippen molar-refractivity contribution in [3.05, 3.63) is 39.7 Å². The van der Waals surface area contributed by atoms with E-state index in [-0.39, 0.29) is 11.9 Å². The van der Waals surface area contributed by atoms with E-state index in [4.69, 9.17) is 16.6 Å². The molecule has 0 bridgehead atoms. The quantitative estimate of drug-likeness (QED) is 0.795. The zero-order valence-corrected chi connectivity index (χ0v) is 17.3. The van der Waals surface area contributed by atoms with Crippen molar-refractivity contribution >= 4 is 23.3 Å². The molecule has 1 saturated carbocycles. The van der Waals surface area contributed by atoms with Gasteiger partial charge in [-0.15, -0.1) is 0 Å². The zero-order chi connectivity index (χ0) is 19.5. The third kappa shape index (κ3) is 4.40. The SMILES string of the molecule is Cc1ncc(Cl)cc1C(=O)NC1CCC(CNC2=NCC3=C2CCCC3)CC1. The molecular weight excluding hydrogens is 372 g/mol. The molecule has 1 aromatic heterocycles. The van der Waals surface area contributed by atoms with Gasteiger partial charge >= 0.3 is 0 Å². The van der Waals surface area contributed by atoms with E-state index in [1.165, 1.54) is 31.3 Å². The third-order valence-electron chi connectivity index (χ3n) is 6.33. The Labute approximate surface area is 172 Å². The van der Waals surface area contributed by atoms with Crippen molar-refractivity contribution in [3.63, 3.8) is 0 Å². The summed E-state index contributed by atoms with van der Waals surface area (Å²) >= 11 is 5.99. The average Bonchev–Trinajstić information content (AvgIpc) is 3.12. The Bertz CT molecular complexity index is 809. The van der Waals surface area contributed by atoms with Crippen LogP contribution in [0.5, 0.6) is 0 Å². The normalized spacial score (nSPS) is 24.6. The Morgan fingerprint density at radius 1 is 1.21 bits per heavy atom. The Morgan fingerprint density at radius 3 is 2.82 bits per heavy atom. The van der Waals surface area contributed by atoms with Crippen LogP contribution in [0.1, 0.15) is 67.4 Å². The van der Waals surface area contributed by atoms with Crippen LogP contribution in [0.2, 0.25) is 5.02 Å². The fourth-order valence-corrected chi connectivity index (χ4v) is 4.77. The number of pyridine rings is 1. The van der Waals surface area contributed by atoms with Crippen LogP contribution in [0.15, 0.2) is 28.4 Å². The molecule has 1 fully saturated rings. The van der Waals surface area contributed by atoms with Gasteiger partial charge in [-0.1, -0.05) is 11.6 Å². The number of aryl methyl sites for hydroxylation is 1. The van der Waals surface area contributed by atoms with Crippen LogP contribution in [-0.2, 0) is 0 Å². The average molecular weight is 401 g/mol. The molecule has 0 spiro atoms. The van der Waals surface area contributed by atoms with Crippen LogP contribution in [0.4, 0.5) is 0 Å². The van der Waals surface area contributed by atoms with Gasteiger partial charge in [0.15, 0.2) is 0 Å². The summed E-state index contributed by atoms with van der Waals surface area (Å²) in [6, 6.07) is 1.93. The van der Waals surface area contributed by atoms with Gasteiger partial charge in [0, 0.05) is 18.8 Å². The van der Waals surface area contributed by atoms with Crippen molar-refractivity contribution in [2.24, 2.45) is 10.9 Å². The summed E-state index contributed by atoms with van der Waals surface area (Å²) in [6.45, 7) is 3.74. The van der Waals surface area contributed by atoms with E-state index in [1.807, 2.05) is 6.92 Å². The summed E-state index contributed by atoms with van der Waals surface area (Å²) in [6.07, 6.45) is 10.9. The maximum atomic E-state index is 12.6. The maximum Gasteiger partial charge on any atom is 0.253 e. The fraction of sp³-hybridized carbons (Fsp3) is 0.591. The second-order valence-corrected chi connectivity index (χ2v) is 8.75. The van der Waals surface area contributed by atoms with E-state index in [9.17, 15) is 4.79 Å². The number of amides is 1. The van der Waals surface area contributed by atoms with E-state index in [0.29, 0.717) is 22.2 Å². The van der Waals surface area contributed by atoms with E-state index in [0.717, 1.165) is 44.6 Å². The highest BCUT2D eigenvalue weighted by Crippen LogP contribution is 2.30. The van der Waals surface area contributed by atoms with Crippen molar-refractivity contribution in [2.75, 3.05) is 13.1 Å². The number of carbonyl (C=O) groups is 1. The number of halogens is 1. The molecule has 150 valence electrons. The fourth-order valence-electron chi connectivity index (χ4n) is 4.61. The second-order valence-electron chi connectivity index (χ2n) is 8.31. The molecule has 2 N–H and O–H groups in total.